The highest BCUT2D eigenvalue weighted by Gasteiger charge is 2.28. The molecule has 3 heteroatoms. The fourth-order valence-electron chi connectivity index (χ4n) is 3.23. The average Bonchev–Trinajstić information content (AvgIpc) is 2.99. The van der Waals surface area contributed by atoms with Gasteiger partial charge in [0.1, 0.15) is 0 Å². The lowest BCUT2D eigenvalue weighted by atomic mass is 9.99. The largest absolute Gasteiger partial charge is 0.347 e. The Morgan fingerprint density at radius 1 is 1.37 bits per heavy atom. The number of fused-ring (bicyclic) bond motifs is 1. The molecule has 2 aromatic rings. The van der Waals surface area contributed by atoms with Gasteiger partial charge in [-0.2, -0.15) is 0 Å². The fraction of sp³-hybridized carbons (Fsp3) is 0.438. The number of nitrogens with zero attached hydrogens (tertiary/aromatic N) is 1. The van der Waals surface area contributed by atoms with Crippen LogP contribution in [0.5, 0.6) is 0 Å². The van der Waals surface area contributed by atoms with E-state index < -0.39 is 0 Å². The number of hydrogen-bond donors (Lipinski definition) is 1. The molecule has 0 amide bonds. The third-order valence-corrected chi connectivity index (χ3v) is 4.33. The van der Waals surface area contributed by atoms with Gasteiger partial charge in [0.05, 0.1) is 11.6 Å². The van der Waals surface area contributed by atoms with E-state index in [0.717, 1.165) is 36.0 Å². The molecular formula is C16H20N2O. The van der Waals surface area contributed by atoms with Crippen molar-refractivity contribution in [2.45, 2.75) is 32.7 Å². The van der Waals surface area contributed by atoms with Crippen LogP contribution in [0.1, 0.15) is 34.5 Å². The monoisotopic (exact) mass is 256 g/mol. The predicted octanol–water partition coefficient (Wildman–Crippen LogP) is 2.73. The highest BCUT2D eigenvalue weighted by molar-refractivity contribution is 6.12. The molecule has 1 aliphatic heterocycles. The topological polar surface area (TPSA) is 34.0 Å². The van der Waals surface area contributed by atoms with Crippen molar-refractivity contribution in [3.63, 3.8) is 0 Å². The standard InChI is InChI=1S/C16H20N2O/c1-10-6-4-7-12-14(11(2)18(3)15(10)12)16(19)13-8-5-9-17-13/h4,6-7,13,17H,5,8-9H2,1-3H3. The highest BCUT2D eigenvalue weighted by Crippen LogP contribution is 2.29. The van der Waals surface area contributed by atoms with E-state index in [1.165, 1.54) is 11.1 Å². The van der Waals surface area contributed by atoms with Gasteiger partial charge in [-0.25, -0.2) is 0 Å². The number of carbonyl (C=O) groups is 1. The van der Waals surface area contributed by atoms with Gasteiger partial charge in [0, 0.05) is 23.7 Å². The zero-order chi connectivity index (χ0) is 13.6. The van der Waals surface area contributed by atoms with Crippen LogP contribution in [0.25, 0.3) is 10.9 Å². The van der Waals surface area contributed by atoms with Crippen LogP contribution in [-0.2, 0) is 7.05 Å². The molecule has 2 heterocycles. The molecule has 1 atom stereocenters. The number of ketones is 1. The highest BCUT2D eigenvalue weighted by atomic mass is 16.1. The average molecular weight is 256 g/mol. The Kier molecular flexibility index (Phi) is 2.94. The fourth-order valence-corrected chi connectivity index (χ4v) is 3.23. The van der Waals surface area contributed by atoms with Gasteiger partial charge >= 0.3 is 0 Å². The summed E-state index contributed by atoms with van der Waals surface area (Å²) in [5.41, 5.74) is 4.38. The Morgan fingerprint density at radius 3 is 2.84 bits per heavy atom. The zero-order valence-electron chi connectivity index (χ0n) is 11.8. The molecule has 1 aromatic carbocycles. The third-order valence-electron chi connectivity index (χ3n) is 4.33. The molecule has 0 aliphatic carbocycles. The van der Waals surface area contributed by atoms with Gasteiger partial charge < -0.3 is 9.88 Å². The van der Waals surface area contributed by atoms with E-state index in [1.807, 2.05) is 20.0 Å². The zero-order valence-corrected chi connectivity index (χ0v) is 11.8. The first-order chi connectivity index (χ1) is 9.11. The summed E-state index contributed by atoms with van der Waals surface area (Å²) in [6.07, 6.45) is 2.06. The van der Waals surface area contributed by atoms with Crippen LogP contribution in [0.4, 0.5) is 0 Å². The number of carbonyl (C=O) groups excluding carboxylic acids is 1. The molecule has 1 aromatic heterocycles. The van der Waals surface area contributed by atoms with Crippen LogP contribution >= 0.6 is 0 Å². The summed E-state index contributed by atoms with van der Waals surface area (Å²) in [4.78, 5) is 12.7. The summed E-state index contributed by atoms with van der Waals surface area (Å²) < 4.78 is 2.15. The van der Waals surface area contributed by atoms with E-state index in [1.54, 1.807) is 0 Å². The lowest BCUT2D eigenvalue weighted by Crippen LogP contribution is -2.31. The van der Waals surface area contributed by atoms with Gasteiger partial charge in [-0.1, -0.05) is 18.2 Å². The quantitative estimate of drug-likeness (QED) is 0.838. The van der Waals surface area contributed by atoms with Crippen molar-refractivity contribution in [2.75, 3.05) is 6.54 Å². The maximum atomic E-state index is 12.7. The molecule has 0 spiro atoms. The van der Waals surface area contributed by atoms with Crippen molar-refractivity contribution in [3.05, 3.63) is 35.0 Å². The third kappa shape index (κ3) is 1.80. The van der Waals surface area contributed by atoms with Gasteiger partial charge in [-0.05, 0) is 38.8 Å². The number of aryl methyl sites for hydroxylation is 2. The van der Waals surface area contributed by atoms with Crippen molar-refractivity contribution >= 4 is 16.7 Å². The number of hydrogen-bond acceptors (Lipinski definition) is 2. The summed E-state index contributed by atoms with van der Waals surface area (Å²) in [6.45, 7) is 5.10. The van der Waals surface area contributed by atoms with E-state index in [0.29, 0.717) is 0 Å². The van der Waals surface area contributed by atoms with Crippen molar-refractivity contribution in [1.82, 2.24) is 9.88 Å². The molecular weight excluding hydrogens is 236 g/mol. The Balaban J connectivity index is 2.20. The maximum Gasteiger partial charge on any atom is 0.182 e. The molecule has 1 unspecified atom stereocenters. The number of nitrogens with one attached hydrogen (secondary N) is 1. The Morgan fingerprint density at radius 2 is 2.16 bits per heavy atom. The smallest absolute Gasteiger partial charge is 0.182 e. The van der Waals surface area contributed by atoms with E-state index in [-0.39, 0.29) is 11.8 Å². The summed E-state index contributed by atoms with van der Waals surface area (Å²) in [7, 11) is 2.05. The first-order valence-corrected chi connectivity index (χ1v) is 6.93. The number of aromatic nitrogens is 1. The maximum absolute atomic E-state index is 12.7. The van der Waals surface area contributed by atoms with Crippen LogP contribution in [0.3, 0.4) is 0 Å². The summed E-state index contributed by atoms with van der Waals surface area (Å²) in [6, 6.07) is 6.21. The molecule has 100 valence electrons. The molecule has 1 N–H and O–H groups in total. The number of rotatable bonds is 2. The second-order valence-corrected chi connectivity index (χ2v) is 5.50. The second kappa shape index (κ2) is 4.49. The van der Waals surface area contributed by atoms with Crippen molar-refractivity contribution in [3.8, 4) is 0 Å². The molecule has 19 heavy (non-hydrogen) atoms. The van der Waals surface area contributed by atoms with Crippen LogP contribution < -0.4 is 5.32 Å². The normalized spacial score (nSPS) is 19.2. The Labute approximate surface area is 113 Å². The van der Waals surface area contributed by atoms with E-state index in [9.17, 15) is 4.79 Å². The molecule has 0 radical (unpaired) electrons. The predicted molar refractivity (Wildman–Crippen MR) is 77.7 cm³/mol. The summed E-state index contributed by atoms with van der Waals surface area (Å²) in [5.74, 6) is 0.256. The molecule has 1 fully saturated rings. The SMILES string of the molecule is Cc1cccc2c(C(=O)C3CCCN3)c(C)n(C)c12. The first-order valence-electron chi connectivity index (χ1n) is 6.93. The number of benzene rings is 1. The molecule has 3 nitrogen and oxygen atoms in total. The Hall–Kier alpha value is -1.61. The number of para-hydroxylation sites is 1. The van der Waals surface area contributed by atoms with Crippen LogP contribution in [0.15, 0.2) is 18.2 Å². The van der Waals surface area contributed by atoms with Crippen LogP contribution in [0.2, 0.25) is 0 Å². The Bertz CT molecular complexity index is 648. The van der Waals surface area contributed by atoms with E-state index in [2.05, 4.69) is 28.9 Å². The first kappa shape index (κ1) is 12.4. The van der Waals surface area contributed by atoms with Crippen LogP contribution in [-0.4, -0.2) is 22.9 Å². The molecule has 3 rings (SSSR count). The van der Waals surface area contributed by atoms with Gasteiger partial charge in [0.15, 0.2) is 5.78 Å². The minimum atomic E-state index is 0.00446. The molecule has 1 aliphatic rings. The minimum absolute atomic E-state index is 0.00446. The second-order valence-electron chi connectivity index (χ2n) is 5.50. The van der Waals surface area contributed by atoms with Crippen LogP contribution in [0, 0.1) is 13.8 Å². The minimum Gasteiger partial charge on any atom is -0.347 e. The number of Topliss-reactive ketones (excluding diaryl/α,β-unsaturated/α-hetero) is 1. The molecule has 0 bridgehead atoms. The van der Waals surface area contributed by atoms with Gasteiger partial charge in [-0.15, -0.1) is 0 Å². The lowest BCUT2D eigenvalue weighted by molar-refractivity contribution is 0.0953. The van der Waals surface area contributed by atoms with Crippen molar-refractivity contribution < 1.29 is 4.79 Å². The molecule has 0 saturated carbocycles. The van der Waals surface area contributed by atoms with E-state index in [4.69, 9.17) is 0 Å². The summed E-state index contributed by atoms with van der Waals surface area (Å²) in [5, 5.41) is 4.41. The lowest BCUT2D eigenvalue weighted by Gasteiger charge is -2.09. The van der Waals surface area contributed by atoms with Crippen molar-refractivity contribution in [1.29, 1.82) is 0 Å². The van der Waals surface area contributed by atoms with Gasteiger partial charge in [0.25, 0.3) is 0 Å². The molecule has 1 saturated heterocycles. The van der Waals surface area contributed by atoms with Crippen molar-refractivity contribution in [2.24, 2.45) is 7.05 Å². The van der Waals surface area contributed by atoms with E-state index >= 15 is 0 Å². The van der Waals surface area contributed by atoms with Gasteiger partial charge in [0.2, 0.25) is 0 Å². The van der Waals surface area contributed by atoms with Gasteiger partial charge in [-0.3, -0.25) is 4.79 Å². The summed E-state index contributed by atoms with van der Waals surface area (Å²) >= 11 is 0.